The van der Waals surface area contributed by atoms with Gasteiger partial charge < -0.3 is 14.4 Å². The number of aromatic nitrogens is 2. The van der Waals surface area contributed by atoms with Crippen molar-refractivity contribution in [1.82, 2.24) is 14.9 Å². The molecular formula is C17H27N3O3. The number of likely N-dealkylation sites (tertiary alicyclic amines) is 1. The van der Waals surface area contributed by atoms with Crippen LogP contribution in [0.4, 0.5) is 4.79 Å². The molecule has 1 saturated heterocycles. The van der Waals surface area contributed by atoms with E-state index in [0.717, 1.165) is 30.8 Å². The Morgan fingerprint density at radius 2 is 1.96 bits per heavy atom. The van der Waals surface area contributed by atoms with Gasteiger partial charge in [-0.05, 0) is 53.5 Å². The summed E-state index contributed by atoms with van der Waals surface area (Å²) < 4.78 is 11.2. The minimum absolute atomic E-state index is 0.246. The molecule has 0 spiro atoms. The summed E-state index contributed by atoms with van der Waals surface area (Å²) in [6, 6.07) is 2.33. The van der Waals surface area contributed by atoms with Gasteiger partial charge in [0.05, 0.1) is 6.61 Å². The zero-order valence-corrected chi connectivity index (χ0v) is 14.8. The predicted octanol–water partition coefficient (Wildman–Crippen LogP) is 3.12. The summed E-state index contributed by atoms with van der Waals surface area (Å²) in [5.74, 6) is 0.278. The molecule has 1 fully saturated rings. The van der Waals surface area contributed by atoms with Gasteiger partial charge in [0.2, 0.25) is 0 Å². The molecule has 1 atom stereocenters. The van der Waals surface area contributed by atoms with E-state index in [1.165, 1.54) is 0 Å². The normalized spacial score (nSPS) is 18.7. The molecule has 0 aromatic carbocycles. The van der Waals surface area contributed by atoms with Crippen LogP contribution in [0.2, 0.25) is 0 Å². The molecule has 1 aliphatic heterocycles. The zero-order chi connectivity index (χ0) is 17.0. The van der Waals surface area contributed by atoms with Gasteiger partial charge in [-0.3, -0.25) is 0 Å². The Bertz CT molecular complexity index is 534. The summed E-state index contributed by atoms with van der Waals surface area (Å²) in [5.41, 5.74) is 1.33. The minimum Gasteiger partial charge on any atom is -0.463 e. The number of hydrogen-bond acceptors (Lipinski definition) is 5. The maximum absolute atomic E-state index is 12.2. The lowest BCUT2D eigenvalue weighted by atomic mass is 9.99. The largest absolute Gasteiger partial charge is 0.463 e. The molecule has 0 unspecified atom stereocenters. The topological polar surface area (TPSA) is 64.5 Å². The summed E-state index contributed by atoms with van der Waals surface area (Å²) in [4.78, 5) is 22.5. The monoisotopic (exact) mass is 321 g/mol. The third kappa shape index (κ3) is 5.69. The molecule has 6 nitrogen and oxygen atoms in total. The van der Waals surface area contributed by atoms with Gasteiger partial charge in [0.1, 0.15) is 5.60 Å². The standard InChI is InChI=1S/C17H27N3O3/c1-12-9-13(2)19-15(18-12)22-11-14-7-6-8-20(10-14)16(21)23-17(3,4)5/h9,14H,6-8,10-11H2,1-5H3/t14-/m0/s1. The molecule has 0 radical (unpaired) electrons. The van der Waals surface area contributed by atoms with E-state index in [4.69, 9.17) is 9.47 Å². The maximum Gasteiger partial charge on any atom is 0.410 e. The molecule has 0 aliphatic carbocycles. The second kappa shape index (κ2) is 7.15. The summed E-state index contributed by atoms with van der Waals surface area (Å²) in [7, 11) is 0. The van der Waals surface area contributed by atoms with Crippen molar-refractivity contribution >= 4 is 6.09 Å². The van der Waals surface area contributed by atoms with Crippen molar-refractivity contribution in [2.45, 2.75) is 53.1 Å². The molecule has 0 saturated carbocycles. The van der Waals surface area contributed by atoms with Crippen LogP contribution < -0.4 is 4.74 Å². The average Bonchev–Trinajstić information content (AvgIpc) is 2.43. The highest BCUT2D eigenvalue weighted by Crippen LogP contribution is 2.20. The van der Waals surface area contributed by atoms with E-state index in [0.29, 0.717) is 19.2 Å². The van der Waals surface area contributed by atoms with Crippen molar-refractivity contribution < 1.29 is 14.3 Å². The van der Waals surface area contributed by atoms with Crippen LogP contribution >= 0.6 is 0 Å². The van der Waals surface area contributed by atoms with Gasteiger partial charge in [-0.25, -0.2) is 14.8 Å². The summed E-state index contributed by atoms with van der Waals surface area (Å²) in [5, 5.41) is 0. The Morgan fingerprint density at radius 1 is 1.30 bits per heavy atom. The fourth-order valence-corrected chi connectivity index (χ4v) is 2.64. The van der Waals surface area contributed by atoms with Gasteiger partial charge in [0.25, 0.3) is 0 Å². The first-order valence-corrected chi connectivity index (χ1v) is 8.16. The highest BCUT2D eigenvalue weighted by Gasteiger charge is 2.28. The van der Waals surface area contributed by atoms with Gasteiger partial charge in [-0.1, -0.05) is 0 Å². The number of nitrogens with zero attached hydrogens (tertiary/aromatic N) is 3. The molecule has 1 aromatic rings. The molecule has 23 heavy (non-hydrogen) atoms. The summed E-state index contributed by atoms with van der Waals surface area (Å²) in [6.07, 6.45) is 1.75. The number of ether oxygens (including phenoxy) is 2. The van der Waals surface area contributed by atoms with Crippen molar-refractivity contribution in [2.24, 2.45) is 5.92 Å². The van der Waals surface area contributed by atoms with Crippen LogP contribution in [0.1, 0.15) is 45.0 Å². The third-order valence-corrected chi connectivity index (χ3v) is 3.58. The van der Waals surface area contributed by atoms with Crippen LogP contribution in [-0.2, 0) is 4.74 Å². The second-order valence-corrected chi connectivity index (χ2v) is 7.18. The molecule has 1 amide bonds. The van der Waals surface area contributed by atoms with E-state index in [9.17, 15) is 4.79 Å². The predicted molar refractivity (Wildman–Crippen MR) is 87.5 cm³/mol. The van der Waals surface area contributed by atoms with Gasteiger partial charge in [-0.2, -0.15) is 0 Å². The fourth-order valence-electron chi connectivity index (χ4n) is 2.64. The van der Waals surface area contributed by atoms with E-state index in [2.05, 4.69) is 9.97 Å². The Balaban J connectivity index is 1.87. The van der Waals surface area contributed by atoms with Crippen LogP contribution in [0, 0.1) is 19.8 Å². The van der Waals surface area contributed by atoms with E-state index in [1.54, 1.807) is 4.90 Å². The second-order valence-electron chi connectivity index (χ2n) is 7.18. The molecule has 2 heterocycles. The molecular weight excluding hydrogens is 294 g/mol. The first kappa shape index (κ1) is 17.5. The smallest absolute Gasteiger partial charge is 0.410 e. The van der Waals surface area contributed by atoms with Crippen molar-refractivity contribution in [3.63, 3.8) is 0 Å². The van der Waals surface area contributed by atoms with Gasteiger partial charge in [0, 0.05) is 30.4 Å². The lowest BCUT2D eigenvalue weighted by Gasteiger charge is -2.33. The van der Waals surface area contributed by atoms with E-state index < -0.39 is 5.60 Å². The molecule has 1 aliphatic rings. The Kier molecular flexibility index (Phi) is 5.44. The van der Waals surface area contributed by atoms with Gasteiger partial charge in [0.15, 0.2) is 0 Å². The number of hydrogen-bond donors (Lipinski definition) is 0. The third-order valence-electron chi connectivity index (χ3n) is 3.58. The van der Waals surface area contributed by atoms with Crippen molar-refractivity contribution in [3.8, 4) is 6.01 Å². The molecule has 0 bridgehead atoms. The first-order chi connectivity index (χ1) is 10.7. The number of amides is 1. The van der Waals surface area contributed by atoms with E-state index in [-0.39, 0.29) is 12.0 Å². The number of aryl methyl sites for hydroxylation is 2. The SMILES string of the molecule is Cc1cc(C)nc(OC[C@H]2CCCN(C(=O)OC(C)(C)C)C2)n1. The van der Waals surface area contributed by atoms with Crippen LogP contribution in [0.5, 0.6) is 6.01 Å². The van der Waals surface area contributed by atoms with Gasteiger partial charge >= 0.3 is 12.1 Å². The Labute approximate surface area is 138 Å². The maximum atomic E-state index is 12.2. The number of carbonyl (C=O) groups excluding carboxylic acids is 1. The van der Waals surface area contributed by atoms with E-state index >= 15 is 0 Å². The van der Waals surface area contributed by atoms with Crippen LogP contribution in [-0.4, -0.2) is 46.3 Å². The molecule has 6 heteroatoms. The summed E-state index contributed by atoms with van der Waals surface area (Å²) >= 11 is 0. The lowest BCUT2D eigenvalue weighted by molar-refractivity contribution is 0.0137. The molecule has 128 valence electrons. The quantitative estimate of drug-likeness (QED) is 0.856. The zero-order valence-electron chi connectivity index (χ0n) is 14.8. The van der Waals surface area contributed by atoms with Crippen molar-refractivity contribution in [3.05, 3.63) is 17.5 Å². The number of rotatable bonds is 3. The highest BCUT2D eigenvalue weighted by atomic mass is 16.6. The minimum atomic E-state index is -0.465. The number of carbonyl (C=O) groups is 1. The van der Waals surface area contributed by atoms with E-state index in [1.807, 2.05) is 40.7 Å². The van der Waals surface area contributed by atoms with Crippen molar-refractivity contribution in [1.29, 1.82) is 0 Å². The Morgan fingerprint density at radius 3 is 2.57 bits per heavy atom. The number of piperidine rings is 1. The lowest BCUT2D eigenvalue weighted by Crippen LogP contribution is -2.44. The summed E-state index contributed by atoms with van der Waals surface area (Å²) in [6.45, 7) is 11.4. The molecule has 1 aromatic heterocycles. The average molecular weight is 321 g/mol. The van der Waals surface area contributed by atoms with Crippen LogP contribution in [0.3, 0.4) is 0 Å². The molecule has 0 N–H and O–H groups in total. The fraction of sp³-hybridized carbons (Fsp3) is 0.706. The van der Waals surface area contributed by atoms with Crippen LogP contribution in [0.25, 0.3) is 0 Å². The molecule has 2 rings (SSSR count). The van der Waals surface area contributed by atoms with Crippen LogP contribution in [0.15, 0.2) is 6.07 Å². The Hall–Kier alpha value is -1.85. The highest BCUT2D eigenvalue weighted by molar-refractivity contribution is 5.68. The van der Waals surface area contributed by atoms with Crippen molar-refractivity contribution in [2.75, 3.05) is 19.7 Å². The first-order valence-electron chi connectivity index (χ1n) is 8.16. The van der Waals surface area contributed by atoms with Gasteiger partial charge in [-0.15, -0.1) is 0 Å².